The lowest BCUT2D eigenvalue weighted by Crippen LogP contribution is -2.45. The van der Waals surface area contributed by atoms with Crippen molar-refractivity contribution in [2.45, 2.75) is 52.2 Å². The zero-order chi connectivity index (χ0) is 13.8. The first-order chi connectivity index (χ1) is 9.15. The molecular weight excluding hydrogens is 236 g/mol. The molecule has 0 bridgehead atoms. The van der Waals surface area contributed by atoms with Crippen molar-refractivity contribution in [3.05, 3.63) is 34.9 Å². The van der Waals surface area contributed by atoms with Crippen LogP contribution in [0.4, 0.5) is 0 Å². The van der Waals surface area contributed by atoms with Crippen LogP contribution in [-0.4, -0.2) is 18.8 Å². The van der Waals surface area contributed by atoms with Crippen LogP contribution in [0.25, 0.3) is 0 Å². The van der Waals surface area contributed by atoms with Gasteiger partial charge in [0.2, 0.25) is 0 Å². The number of hydrazine groups is 1. The van der Waals surface area contributed by atoms with Crippen molar-refractivity contribution < 1.29 is 4.74 Å². The third-order valence-electron chi connectivity index (χ3n) is 4.34. The minimum absolute atomic E-state index is 0.299. The Hall–Kier alpha value is -0.900. The highest BCUT2D eigenvalue weighted by molar-refractivity contribution is 5.31. The summed E-state index contributed by atoms with van der Waals surface area (Å²) in [6.07, 6.45) is 3.51. The Labute approximate surface area is 116 Å². The summed E-state index contributed by atoms with van der Waals surface area (Å²) in [5.74, 6) is 6.32. The lowest BCUT2D eigenvalue weighted by Gasteiger charge is -2.27. The van der Waals surface area contributed by atoms with E-state index in [-0.39, 0.29) is 0 Å². The molecule has 1 saturated heterocycles. The van der Waals surface area contributed by atoms with Crippen LogP contribution in [0.5, 0.6) is 0 Å². The number of benzene rings is 1. The first-order valence-electron chi connectivity index (χ1n) is 7.29. The molecule has 3 N–H and O–H groups in total. The van der Waals surface area contributed by atoms with Crippen LogP contribution < -0.4 is 11.3 Å². The number of nitrogens with two attached hydrogens (primary N) is 1. The Bertz CT molecular complexity index is 419. The molecule has 1 fully saturated rings. The van der Waals surface area contributed by atoms with Gasteiger partial charge in [-0.25, -0.2) is 0 Å². The maximum Gasteiger partial charge on any atom is 0.0617 e. The minimum atomic E-state index is 0.299. The molecular formula is C16H26N2O. The van der Waals surface area contributed by atoms with Crippen molar-refractivity contribution in [2.24, 2.45) is 11.8 Å². The highest BCUT2D eigenvalue weighted by atomic mass is 16.5. The SMILES string of the molecule is CCC1OCCC1C(Cc1cc(C)ccc1C)NN. The van der Waals surface area contributed by atoms with Crippen molar-refractivity contribution in [3.63, 3.8) is 0 Å². The lowest BCUT2D eigenvalue weighted by molar-refractivity contribution is 0.0774. The summed E-state index contributed by atoms with van der Waals surface area (Å²) >= 11 is 0. The van der Waals surface area contributed by atoms with E-state index in [4.69, 9.17) is 10.6 Å². The van der Waals surface area contributed by atoms with Gasteiger partial charge >= 0.3 is 0 Å². The molecule has 0 aromatic heterocycles. The summed E-state index contributed by atoms with van der Waals surface area (Å²) in [4.78, 5) is 0. The van der Waals surface area contributed by atoms with Crippen molar-refractivity contribution >= 4 is 0 Å². The Morgan fingerprint density at radius 1 is 1.42 bits per heavy atom. The molecule has 1 aliphatic rings. The number of hydrogen-bond donors (Lipinski definition) is 2. The molecule has 19 heavy (non-hydrogen) atoms. The third-order valence-corrected chi connectivity index (χ3v) is 4.34. The molecule has 0 saturated carbocycles. The standard InChI is InChI=1S/C16H26N2O/c1-4-16-14(7-8-19-16)15(18-17)10-13-9-11(2)5-6-12(13)3/h5-6,9,14-16,18H,4,7-8,10,17H2,1-3H3. The zero-order valence-electron chi connectivity index (χ0n) is 12.3. The van der Waals surface area contributed by atoms with Gasteiger partial charge in [-0.3, -0.25) is 11.3 Å². The van der Waals surface area contributed by atoms with Gasteiger partial charge in [0.1, 0.15) is 0 Å². The third kappa shape index (κ3) is 3.35. The lowest BCUT2D eigenvalue weighted by atomic mass is 9.86. The smallest absolute Gasteiger partial charge is 0.0617 e. The molecule has 106 valence electrons. The summed E-state index contributed by atoms with van der Waals surface area (Å²) < 4.78 is 5.79. The van der Waals surface area contributed by atoms with Crippen LogP contribution in [-0.2, 0) is 11.2 Å². The van der Waals surface area contributed by atoms with Crippen molar-refractivity contribution in [3.8, 4) is 0 Å². The number of rotatable bonds is 5. The molecule has 3 nitrogen and oxygen atoms in total. The predicted octanol–water partition coefficient (Wildman–Crippen LogP) is 2.49. The fourth-order valence-corrected chi connectivity index (χ4v) is 3.14. The van der Waals surface area contributed by atoms with Crippen LogP contribution in [0.15, 0.2) is 18.2 Å². The summed E-state index contributed by atoms with van der Waals surface area (Å²) in [5.41, 5.74) is 7.07. The van der Waals surface area contributed by atoms with E-state index >= 15 is 0 Å². The normalized spacial score (nSPS) is 24.6. The van der Waals surface area contributed by atoms with Crippen LogP contribution in [0.1, 0.15) is 36.5 Å². The molecule has 1 aromatic carbocycles. The molecule has 1 aliphatic heterocycles. The van der Waals surface area contributed by atoms with Crippen LogP contribution in [0.3, 0.4) is 0 Å². The van der Waals surface area contributed by atoms with E-state index in [1.807, 2.05) is 0 Å². The van der Waals surface area contributed by atoms with Gasteiger partial charge in [-0.1, -0.05) is 30.7 Å². The number of hydrogen-bond acceptors (Lipinski definition) is 3. The summed E-state index contributed by atoms with van der Waals surface area (Å²) in [5, 5.41) is 0. The molecule has 0 radical (unpaired) electrons. The summed E-state index contributed by atoms with van der Waals surface area (Å²) in [6.45, 7) is 7.37. The molecule has 3 unspecified atom stereocenters. The minimum Gasteiger partial charge on any atom is -0.378 e. The maximum absolute atomic E-state index is 5.80. The average molecular weight is 262 g/mol. The molecule has 1 aromatic rings. The van der Waals surface area contributed by atoms with E-state index in [2.05, 4.69) is 44.4 Å². The van der Waals surface area contributed by atoms with Gasteiger partial charge in [-0.2, -0.15) is 0 Å². The fourth-order valence-electron chi connectivity index (χ4n) is 3.14. The molecule has 2 rings (SSSR count). The second-order valence-corrected chi connectivity index (χ2v) is 5.68. The van der Waals surface area contributed by atoms with Gasteiger partial charge in [0.05, 0.1) is 6.10 Å². The first-order valence-corrected chi connectivity index (χ1v) is 7.29. The van der Waals surface area contributed by atoms with Crippen LogP contribution >= 0.6 is 0 Å². The van der Waals surface area contributed by atoms with E-state index < -0.39 is 0 Å². The number of nitrogens with one attached hydrogen (secondary N) is 1. The quantitative estimate of drug-likeness (QED) is 0.633. The van der Waals surface area contributed by atoms with E-state index in [1.54, 1.807) is 0 Å². The molecule has 3 atom stereocenters. The second-order valence-electron chi connectivity index (χ2n) is 5.68. The zero-order valence-corrected chi connectivity index (χ0v) is 12.3. The van der Waals surface area contributed by atoms with Crippen molar-refractivity contribution in [2.75, 3.05) is 6.61 Å². The van der Waals surface area contributed by atoms with Crippen LogP contribution in [0, 0.1) is 19.8 Å². The number of aryl methyl sites for hydroxylation is 2. The highest BCUT2D eigenvalue weighted by Gasteiger charge is 2.33. The predicted molar refractivity (Wildman–Crippen MR) is 78.9 cm³/mol. The van der Waals surface area contributed by atoms with E-state index in [1.165, 1.54) is 16.7 Å². The first kappa shape index (κ1) is 14.5. The highest BCUT2D eigenvalue weighted by Crippen LogP contribution is 2.28. The topological polar surface area (TPSA) is 47.3 Å². The van der Waals surface area contributed by atoms with Crippen LogP contribution in [0.2, 0.25) is 0 Å². The molecule has 1 heterocycles. The number of ether oxygens (including phenoxy) is 1. The van der Waals surface area contributed by atoms with E-state index in [0.29, 0.717) is 18.1 Å². The largest absolute Gasteiger partial charge is 0.378 e. The Morgan fingerprint density at radius 3 is 2.89 bits per heavy atom. The summed E-state index contributed by atoms with van der Waals surface area (Å²) in [7, 11) is 0. The molecule has 3 heteroatoms. The maximum atomic E-state index is 5.80. The Kier molecular flexibility index (Phi) is 4.97. The Morgan fingerprint density at radius 2 is 2.21 bits per heavy atom. The average Bonchev–Trinajstić information content (AvgIpc) is 2.88. The van der Waals surface area contributed by atoms with E-state index in [9.17, 15) is 0 Å². The van der Waals surface area contributed by atoms with Gasteiger partial charge in [0.15, 0.2) is 0 Å². The summed E-state index contributed by atoms with van der Waals surface area (Å²) in [6, 6.07) is 6.93. The monoisotopic (exact) mass is 262 g/mol. The van der Waals surface area contributed by atoms with Gasteiger partial charge in [-0.15, -0.1) is 0 Å². The van der Waals surface area contributed by atoms with Crippen molar-refractivity contribution in [1.29, 1.82) is 0 Å². The van der Waals surface area contributed by atoms with E-state index in [0.717, 1.165) is 25.9 Å². The van der Waals surface area contributed by atoms with Gasteiger partial charge < -0.3 is 4.74 Å². The molecule has 0 aliphatic carbocycles. The van der Waals surface area contributed by atoms with Crippen molar-refractivity contribution in [1.82, 2.24) is 5.43 Å². The van der Waals surface area contributed by atoms with Gasteiger partial charge in [0.25, 0.3) is 0 Å². The molecule has 0 amide bonds. The Balaban J connectivity index is 2.12. The fraction of sp³-hybridized carbons (Fsp3) is 0.625. The molecule has 0 spiro atoms. The van der Waals surface area contributed by atoms with Gasteiger partial charge in [-0.05, 0) is 44.2 Å². The van der Waals surface area contributed by atoms with Gasteiger partial charge in [0, 0.05) is 18.6 Å². The second kappa shape index (κ2) is 6.51.